The van der Waals surface area contributed by atoms with Crippen LogP contribution in [0.5, 0.6) is 0 Å². The van der Waals surface area contributed by atoms with E-state index in [4.69, 9.17) is 5.26 Å². The van der Waals surface area contributed by atoms with Gasteiger partial charge < -0.3 is 10.4 Å². The van der Waals surface area contributed by atoms with Gasteiger partial charge in [0.25, 0.3) is 0 Å². The summed E-state index contributed by atoms with van der Waals surface area (Å²) in [5, 5.41) is 25.4. The molecule has 32 heavy (non-hydrogen) atoms. The van der Waals surface area contributed by atoms with Gasteiger partial charge in [0.1, 0.15) is 16.3 Å². The van der Waals surface area contributed by atoms with E-state index in [1.54, 1.807) is 12.1 Å². The summed E-state index contributed by atoms with van der Waals surface area (Å²) in [5.41, 5.74) is 0.773. The lowest BCUT2D eigenvalue weighted by molar-refractivity contribution is -0.141. The summed E-state index contributed by atoms with van der Waals surface area (Å²) in [5.74, 6) is -0.183. The molecule has 0 radical (unpaired) electrons. The number of rotatable bonds is 4. The highest BCUT2D eigenvalue weighted by molar-refractivity contribution is 7.10. The zero-order valence-electron chi connectivity index (χ0n) is 17.1. The molecule has 2 heterocycles. The molecule has 1 aliphatic rings. The number of halogens is 3. The van der Waals surface area contributed by atoms with Gasteiger partial charge in [0, 0.05) is 28.7 Å². The Kier molecular flexibility index (Phi) is 5.88. The first-order chi connectivity index (χ1) is 15.2. The predicted octanol–water partition coefficient (Wildman–Crippen LogP) is 5.57. The van der Waals surface area contributed by atoms with Gasteiger partial charge in [-0.05, 0) is 62.4 Å². The lowest BCUT2D eigenvalue weighted by Crippen LogP contribution is -2.31. The van der Waals surface area contributed by atoms with Crippen LogP contribution in [-0.2, 0) is 11.8 Å². The van der Waals surface area contributed by atoms with Crippen molar-refractivity contribution in [3.05, 3.63) is 52.1 Å². The van der Waals surface area contributed by atoms with Crippen LogP contribution in [0, 0.1) is 24.2 Å². The van der Waals surface area contributed by atoms with Crippen LogP contribution in [0.4, 0.5) is 24.8 Å². The van der Waals surface area contributed by atoms with Crippen LogP contribution < -0.4 is 5.32 Å². The Morgan fingerprint density at radius 2 is 1.97 bits per heavy atom. The van der Waals surface area contributed by atoms with Crippen LogP contribution in [0.15, 0.2) is 35.8 Å². The molecule has 0 aliphatic heterocycles. The first kappa shape index (κ1) is 22.2. The molecule has 0 amide bonds. The maximum Gasteiger partial charge on any atom is 0.433 e. The number of hydrogen-bond acceptors (Lipinski definition) is 7. The lowest BCUT2D eigenvalue weighted by Gasteiger charge is -2.32. The summed E-state index contributed by atoms with van der Waals surface area (Å²) in [7, 11) is 0. The molecule has 0 spiro atoms. The molecule has 1 aliphatic carbocycles. The van der Waals surface area contributed by atoms with Crippen LogP contribution in [0.3, 0.4) is 0 Å². The third-order valence-corrected chi connectivity index (χ3v) is 6.51. The number of nitriles is 1. The van der Waals surface area contributed by atoms with Gasteiger partial charge in [-0.2, -0.15) is 18.4 Å². The van der Waals surface area contributed by atoms with E-state index in [1.807, 2.05) is 18.4 Å². The number of alkyl halides is 3. The second-order valence-corrected chi connectivity index (χ2v) is 8.81. The molecular formula is C22H20F3N5OS. The Morgan fingerprint density at radius 1 is 1.22 bits per heavy atom. The smallest absolute Gasteiger partial charge is 0.383 e. The van der Waals surface area contributed by atoms with Crippen molar-refractivity contribution in [2.24, 2.45) is 5.92 Å². The van der Waals surface area contributed by atoms with Crippen molar-refractivity contribution in [1.82, 2.24) is 15.0 Å². The Morgan fingerprint density at radius 3 is 2.66 bits per heavy atom. The summed E-state index contributed by atoms with van der Waals surface area (Å²) in [6.07, 6.45) is -1.24. The minimum absolute atomic E-state index is 0.0295. The van der Waals surface area contributed by atoms with Gasteiger partial charge in [-0.3, -0.25) is 0 Å². The quantitative estimate of drug-likeness (QED) is 0.530. The standard InChI is InChI=1S/C22H20F3N5OS/c1-13-8-15(10-16(9-13)28-20-27-7-4-18(30-20)22(23,24)25)17-12-32-19(29-17)21(31)5-2-14(11-26)3-6-21/h4,7-10,12,14,31H,2-3,5-6H2,1H3,(H,27,28,30)/t14-,21-. The highest BCUT2D eigenvalue weighted by atomic mass is 32.1. The van der Waals surface area contributed by atoms with Gasteiger partial charge in [-0.1, -0.05) is 0 Å². The average Bonchev–Trinajstić information content (AvgIpc) is 3.25. The van der Waals surface area contributed by atoms with Crippen LogP contribution in [0.1, 0.15) is 41.9 Å². The molecule has 1 saturated carbocycles. The molecule has 1 fully saturated rings. The number of anilines is 2. The number of benzene rings is 1. The van der Waals surface area contributed by atoms with E-state index in [0.717, 1.165) is 23.4 Å². The molecule has 0 unspecified atom stereocenters. The van der Waals surface area contributed by atoms with E-state index in [9.17, 15) is 18.3 Å². The summed E-state index contributed by atoms with van der Waals surface area (Å²) in [6, 6.07) is 8.52. The fraction of sp³-hybridized carbons (Fsp3) is 0.364. The van der Waals surface area contributed by atoms with Crippen molar-refractivity contribution < 1.29 is 18.3 Å². The van der Waals surface area contributed by atoms with E-state index < -0.39 is 17.5 Å². The third-order valence-electron chi connectivity index (χ3n) is 5.47. The number of nitrogens with zero attached hydrogens (tertiary/aromatic N) is 4. The van der Waals surface area contributed by atoms with Crippen molar-refractivity contribution in [2.75, 3.05) is 5.32 Å². The lowest BCUT2D eigenvalue weighted by atomic mass is 9.80. The van der Waals surface area contributed by atoms with E-state index in [-0.39, 0.29) is 11.9 Å². The summed E-state index contributed by atoms with van der Waals surface area (Å²) in [4.78, 5) is 12.1. The molecule has 10 heteroatoms. The number of nitrogens with one attached hydrogen (secondary N) is 1. The van der Waals surface area contributed by atoms with Gasteiger partial charge in [0.15, 0.2) is 0 Å². The second-order valence-electron chi connectivity index (χ2n) is 7.95. The zero-order chi connectivity index (χ0) is 22.9. The van der Waals surface area contributed by atoms with E-state index in [1.165, 1.54) is 11.3 Å². The largest absolute Gasteiger partial charge is 0.433 e. The van der Waals surface area contributed by atoms with E-state index in [2.05, 4.69) is 26.3 Å². The van der Waals surface area contributed by atoms with Gasteiger partial charge >= 0.3 is 6.18 Å². The molecule has 6 nitrogen and oxygen atoms in total. The maximum absolute atomic E-state index is 12.9. The predicted molar refractivity (Wildman–Crippen MR) is 114 cm³/mol. The maximum atomic E-state index is 12.9. The molecule has 0 bridgehead atoms. The molecule has 3 aromatic rings. The first-order valence-electron chi connectivity index (χ1n) is 10.0. The number of aromatic nitrogens is 3. The Labute approximate surface area is 186 Å². The van der Waals surface area contributed by atoms with Crippen LogP contribution in [0.2, 0.25) is 0 Å². The number of thiazole rings is 1. The molecule has 1 aromatic carbocycles. The molecule has 4 rings (SSSR count). The third kappa shape index (κ3) is 4.74. The molecule has 2 aromatic heterocycles. The highest BCUT2D eigenvalue weighted by Gasteiger charge is 2.37. The molecule has 166 valence electrons. The Balaban J connectivity index is 1.57. The molecule has 2 N–H and O–H groups in total. The summed E-state index contributed by atoms with van der Waals surface area (Å²) >= 11 is 1.36. The monoisotopic (exact) mass is 459 g/mol. The summed E-state index contributed by atoms with van der Waals surface area (Å²) < 4.78 is 38.8. The van der Waals surface area contributed by atoms with Crippen LogP contribution in [0.25, 0.3) is 11.3 Å². The van der Waals surface area contributed by atoms with Gasteiger partial charge in [-0.15, -0.1) is 11.3 Å². The van der Waals surface area contributed by atoms with Crippen molar-refractivity contribution in [3.63, 3.8) is 0 Å². The minimum Gasteiger partial charge on any atom is -0.383 e. The number of hydrogen-bond donors (Lipinski definition) is 2. The second kappa shape index (κ2) is 8.48. The summed E-state index contributed by atoms with van der Waals surface area (Å²) in [6.45, 7) is 1.87. The Hall–Kier alpha value is -3.03. The van der Waals surface area contributed by atoms with Crippen molar-refractivity contribution in [3.8, 4) is 17.3 Å². The normalized spacial score (nSPS) is 21.2. The van der Waals surface area contributed by atoms with E-state index in [0.29, 0.717) is 42.1 Å². The SMILES string of the molecule is Cc1cc(Nc2nccc(C(F)(F)F)n2)cc(-c2csc([C@]3(O)CC[C@H](C#N)CC3)n2)c1. The van der Waals surface area contributed by atoms with E-state index >= 15 is 0 Å². The van der Waals surface area contributed by atoms with Crippen LogP contribution in [-0.4, -0.2) is 20.1 Å². The minimum atomic E-state index is -4.55. The average molecular weight is 459 g/mol. The topological polar surface area (TPSA) is 94.7 Å². The van der Waals surface area contributed by atoms with Crippen molar-refractivity contribution in [2.45, 2.75) is 44.4 Å². The Bertz CT molecular complexity index is 1160. The molecule has 0 atom stereocenters. The number of aliphatic hydroxyl groups is 1. The fourth-order valence-electron chi connectivity index (χ4n) is 3.77. The molecular weight excluding hydrogens is 439 g/mol. The van der Waals surface area contributed by atoms with Gasteiger partial charge in [0.05, 0.1) is 11.8 Å². The van der Waals surface area contributed by atoms with Crippen LogP contribution >= 0.6 is 11.3 Å². The first-order valence-corrected chi connectivity index (χ1v) is 10.9. The van der Waals surface area contributed by atoms with Gasteiger partial charge in [0.2, 0.25) is 5.95 Å². The molecule has 0 saturated heterocycles. The fourth-order valence-corrected chi connectivity index (χ4v) is 4.75. The number of aryl methyl sites for hydroxylation is 1. The highest BCUT2D eigenvalue weighted by Crippen LogP contribution is 2.41. The van der Waals surface area contributed by atoms with Crippen molar-refractivity contribution >= 4 is 23.0 Å². The van der Waals surface area contributed by atoms with Crippen molar-refractivity contribution in [1.29, 1.82) is 5.26 Å². The zero-order valence-corrected chi connectivity index (χ0v) is 18.0. The van der Waals surface area contributed by atoms with Gasteiger partial charge in [-0.25, -0.2) is 15.0 Å².